The predicted octanol–water partition coefficient (Wildman–Crippen LogP) is 1.94. The van der Waals surface area contributed by atoms with E-state index in [9.17, 15) is 10.1 Å². The van der Waals surface area contributed by atoms with Crippen LogP contribution < -0.4 is 10.6 Å². The van der Waals surface area contributed by atoms with Crippen LogP contribution in [0.4, 0.5) is 11.4 Å². The minimum Gasteiger partial charge on any atom is -0.373 e. The Morgan fingerprint density at radius 2 is 2.05 bits per heavy atom. The van der Waals surface area contributed by atoms with E-state index >= 15 is 0 Å². The second-order valence-electron chi connectivity index (χ2n) is 5.44. The van der Waals surface area contributed by atoms with Crippen LogP contribution >= 0.6 is 0 Å². The lowest BCUT2D eigenvalue weighted by atomic mass is 10.0. The zero-order valence-electron chi connectivity index (χ0n) is 12.3. The predicted molar refractivity (Wildman–Crippen MR) is 79.2 cm³/mol. The smallest absolute Gasteiger partial charge is 0.300 e. The fourth-order valence-electron chi connectivity index (χ4n) is 2.09. The van der Waals surface area contributed by atoms with E-state index in [-0.39, 0.29) is 17.2 Å². The number of rotatable bonds is 6. The quantitative estimate of drug-likeness (QED) is 0.639. The van der Waals surface area contributed by atoms with Crippen LogP contribution in [0, 0.1) is 16.0 Å². The lowest BCUT2D eigenvalue weighted by Gasteiger charge is -2.22. The second-order valence-corrected chi connectivity index (χ2v) is 5.44. The summed E-state index contributed by atoms with van der Waals surface area (Å²) in [5.41, 5.74) is 7.23. The molecule has 0 bridgehead atoms. The summed E-state index contributed by atoms with van der Waals surface area (Å²) in [4.78, 5) is 12.4. The summed E-state index contributed by atoms with van der Waals surface area (Å²) in [5, 5.41) is 18.4. The van der Waals surface area contributed by atoms with Crippen LogP contribution in [0.25, 0.3) is 11.0 Å². The molecule has 0 saturated carbocycles. The van der Waals surface area contributed by atoms with E-state index in [2.05, 4.69) is 28.8 Å². The molecule has 114 valence electrons. The van der Waals surface area contributed by atoms with Crippen molar-refractivity contribution in [3.05, 3.63) is 22.2 Å². The van der Waals surface area contributed by atoms with Crippen molar-refractivity contribution in [3.63, 3.8) is 0 Å². The van der Waals surface area contributed by atoms with Crippen molar-refractivity contribution in [1.29, 1.82) is 0 Å². The SMILES string of the molecule is CC(C)C(N)CCN(C)c1ccc([N+](=O)[O-])c2nonc12. The van der Waals surface area contributed by atoms with Crippen molar-refractivity contribution in [3.8, 4) is 0 Å². The Balaban J connectivity index is 2.24. The number of non-ortho nitro benzene ring substituents is 1. The number of benzene rings is 1. The van der Waals surface area contributed by atoms with E-state index in [1.54, 1.807) is 6.07 Å². The molecule has 2 aromatic rings. The molecule has 0 radical (unpaired) electrons. The molecular weight excluding hydrogens is 274 g/mol. The summed E-state index contributed by atoms with van der Waals surface area (Å²) in [6.45, 7) is 4.88. The van der Waals surface area contributed by atoms with Gasteiger partial charge >= 0.3 is 5.69 Å². The highest BCUT2D eigenvalue weighted by Gasteiger charge is 2.21. The summed E-state index contributed by atoms with van der Waals surface area (Å²) < 4.78 is 4.65. The molecule has 2 rings (SSSR count). The zero-order chi connectivity index (χ0) is 15.6. The summed E-state index contributed by atoms with van der Waals surface area (Å²) in [6, 6.07) is 3.18. The molecule has 1 heterocycles. The van der Waals surface area contributed by atoms with Gasteiger partial charge in [-0.05, 0) is 28.7 Å². The van der Waals surface area contributed by atoms with Gasteiger partial charge in [0.2, 0.25) is 5.52 Å². The van der Waals surface area contributed by atoms with Crippen LogP contribution in [0.5, 0.6) is 0 Å². The van der Waals surface area contributed by atoms with Gasteiger partial charge in [-0.2, -0.15) is 0 Å². The molecule has 0 saturated heterocycles. The molecule has 2 N–H and O–H groups in total. The van der Waals surface area contributed by atoms with Crippen molar-refractivity contribution in [2.45, 2.75) is 26.3 Å². The molecule has 1 aromatic carbocycles. The highest BCUT2D eigenvalue weighted by molar-refractivity contribution is 5.93. The van der Waals surface area contributed by atoms with E-state index in [1.807, 2.05) is 11.9 Å². The fourth-order valence-corrected chi connectivity index (χ4v) is 2.09. The lowest BCUT2D eigenvalue weighted by molar-refractivity contribution is -0.383. The fraction of sp³-hybridized carbons (Fsp3) is 0.538. The molecule has 0 aliphatic carbocycles. The van der Waals surface area contributed by atoms with Gasteiger partial charge in [0.1, 0.15) is 0 Å². The van der Waals surface area contributed by atoms with Gasteiger partial charge in [-0.3, -0.25) is 10.1 Å². The van der Waals surface area contributed by atoms with Gasteiger partial charge < -0.3 is 10.6 Å². The molecule has 1 atom stereocenters. The van der Waals surface area contributed by atoms with Crippen molar-refractivity contribution < 1.29 is 9.55 Å². The molecule has 0 spiro atoms. The van der Waals surface area contributed by atoms with Crippen LogP contribution in [0.2, 0.25) is 0 Å². The molecule has 1 aromatic heterocycles. The van der Waals surface area contributed by atoms with Gasteiger partial charge in [0.25, 0.3) is 0 Å². The Morgan fingerprint density at radius 1 is 1.38 bits per heavy atom. The number of hydrogen-bond acceptors (Lipinski definition) is 7. The first-order chi connectivity index (χ1) is 9.91. The number of nitrogens with two attached hydrogens (primary N) is 1. The first-order valence-electron chi connectivity index (χ1n) is 6.78. The van der Waals surface area contributed by atoms with Crippen molar-refractivity contribution in [2.24, 2.45) is 11.7 Å². The van der Waals surface area contributed by atoms with Gasteiger partial charge in [-0.15, -0.1) is 0 Å². The molecular formula is C13H19N5O3. The number of fused-ring (bicyclic) bond motifs is 1. The molecule has 21 heavy (non-hydrogen) atoms. The first-order valence-corrected chi connectivity index (χ1v) is 6.78. The summed E-state index contributed by atoms with van der Waals surface area (Å²) in [6.07, 6.45) is 0.817. The van der Waals surface area contributed by atoms with Gasteiger partial charge in [0, 0.05) is 25.7 Å². The Kier molecular flexibility index (Phi) is 4.37. The van der Waals surface area contributed by atoms with E-state index in [0.29, 0.717) is 11.4 Å². The largest absolute Gasteiger partial charge is 0.373 e. The molecule has 0 aliphatic heterocycles. The van der Waals surface area contributed by atoms with Crippen LogP contribution in [0.3, 0.4) is 0 Å². The van der Waals surface area contributed by atoms with Crippen LogP contribution in [-0.4, -0.2) is 34.9 Å². The Labute approximate surface area is 122 Å². The number of anilines is 1. The number of nitrogens with zero attached hydrogens (tertiary/aromatic N) is 4. The zero-order valence-corrected chi connectivity index (χ0v) is 12.3. The third-order valence-electron chi connectivity index (χ3n) is 3.63. The van der Waals surface area contributed by atoms with Crippen molar-refractivity contribution >= 4 is 22.4 Å². The molecule has 8 heteroatoms. The maximum Gasteiger partial charge on any atom is 0.300 e. The molecule has 0 aliphatic rings. The molecule has 0 fully saturated rings. The minimum absolute atomic E-state index is 0.108. The maximum absolute atomic E-state index is 10.9. The third-order valence-corrected chi connectivity index (χ3v) is 3.63. The molecule has 0 amide bonds. The minimum atomic E-state index is -0.495. The average Bonchev–Trinajstić information content (AvgIpc) is 2.91. The van der Waals surface area contributed by atoms with Gasteiger partial charge in [0.15, 0.2) is 5.52 Å². The van der Waals surface area contributed by atoms with Crippen LogP contribution in [0.1, 0.15) is 20.3 Å². The number of nitro groups is 1. The first kappa shape index (κ1) is 15.2. The van der Waals surface area contributed by atoms with Crippen LogP contribution in [-0.2, 0) is 0 Å². The number of aromatic nitrogens is 2. The monoisotopic (exact) mass is 293 g/mol. The molecule has 8 nitrogen and oxygen atoms in total. The number of hydrogen-bond donors (Lipinski definition) is 1. The van der Waals surface area contributed by atoms with Crippen molar-refractivity contribution in [2.75, 3.05) is 18.5 Å². The van der Waals surface area contributed by atoms with Crippen molar-refractivity contribution in [1.82, 2.24) is 10.3 Å². The second kappa shape index (κ2) is 6.04. The molecule has 1 unspecified atom stereocenters. The highest BCUT2D eigenvalue weighted by Crippen LogP contribution is 2.30. The standard InChI is InChI=1S/C13H19N5O3/c1-8(2)9(14)6-7-17(3)10-4-5-11(18(19)20)13-12(10)15-21-16-13/h4-5,8-9H,6-7,14H2,1-3H3. The van der Waals surface area contributed by atoms with Gasteiger partial charge in [-0.25, -0.2) is 4.63 Å². The average molecular weight is 293 g/mol. The Morgan fingerprint density at radius 3 is 2.67 bits per heavy atom. The lowest BCUT2D eigenvalue weighted by Crippen LogP contribution is -2.31. The van der Waals surface area contributed by atoms with E-state index in [0.717, 1.165) is 18.7 Å². The summed E-state index contributed by atoms with van der Waals surface area (Å²) in [5.74, 6) is 0.406. The number of nitro benzene ring substituents is 1. The van der Waals surface area contributed by atoms with E-state index in [4.69, 9.17) is 5.73 Å². The van der Waals surface area contributed by atoms with Crippen LogP contribution in [0.15, 0.2) is 16.8 Å². The Hall–Kier alpha value is -2.22. The van der Waals surface area contributed by atoms with E-state index < -0.39 is 4.92 Å². The maximum atomic E-state index is 10.9. The normalized spacial score (nSPS) is 12.8. The van der Waals surface area contributed by atoms with E-state index in [1.165, 1.54) is 6.07 Å². The summed E-state index contributed by atoms with van der Waals surface area (Å²) >= 11 is 0. The van der Waals surface area contributed by atoms with Gasteiger partial charge in [-0.1, -0.05) is 13.8 Å². The highest BCUT2D eigenvalue weighted by atomic mass is 16.6. The Bertz CT molecular complexity index is 640. The topological polar surface area (TPSA) is 111 Å². The van der Waals surface area contributed by atoms with Gasteiger partial charge in [0.05, 0.1) is 10.6 Å². The third kappa shape index (κ3) is 3.10. The summed E-state index contributed by atoms with van der Waals surface area (Å²) in [7, 11) is 1.89.